The Labute approximate surface area is 115 Å². The van der Waals surface area contributed by atoms with E-state index in [0.717, 1.165) is 5.56 Å². The molecule has 0 aliphatic rings. The molecule has 1 amide bonds. The minimum atomic E-state index is -0.0705. The number of nitrogens with one attached hydrogen (secondary N) is 1. The predicted molar refractivity (Wildman–Crippen MR) is 80.9 cm³/mol. The van der Waals surface area contributed by atoms with Crippen molar-refractivity contribution >= 4 is 5.91 Å². The average molecular weight is 255 g/mol. The Morgan fingerprint density at radius 1 is 1.32 bits per heavy atom. The molecule has 0 unspecified atom stereocenters. The SMILES string of the molecule is C=C/C=C\C(=C\C)C(=O)NCc1ccc(C)c(C)c1. The number of amides is 1. The van der Waals surface area contributed by atoms with Crippen molar-refractivity contribution < 1.29 is 4.79 Å². The van der Waals surface area contributed by atoms with Gasteiger partial charge < -0.3 is 5.32 Å². The van der Waals surface area contributed by atoms with E-state index in [0.29, 0.717) is 12.1 Å². The van der Waals surface area contributed by atoms with E-state index in [1.165, 1.54) is 11.1 Å². The number of allylic oxidation sites excluding steroid dienone is 3. The molecule has 0 radical (unpaired) electrons. The van der Waals surface area contributed by atoms with Crippen LogP contribution in [-0.2, 0) is 11.3 Å². The van der Waals surface area contributed by atoms with Gasteiger partial charge in [-0.3, -0.25) is 4.79 Å². The van der Waals surface area contributed by atoms with Gasteiger partial charge in [0.1, 0.15) is 0 Å². The zero-order valence-electron chi connectivity index (χ0n) is 11.9. The zero-order valence-corrected chi connectivity index (χ0v) is 11.9. The lowest BCUT2D eigenvalue weighted by atomic mass is 10.1. The molecule has 0 saturated carbocycles. The van der Waals surface area contributed by atoms with Crippen molar-refractivity contribution in [1.82, 2.24) is 5.32 Å². The summed E-state index contributed by atoms with van der Waals surface area (Å²) in [7, 11) is 0. The number of hydrogen-bond acceptors (Lipinski definition) is 1. The molecule has 0 aliphatic carbocycles. The fourth-order valence-electron chi connectivity index (χ4n) is 1.67. The summed E-state index contributed by atoms with van der Waals surface area (Å²) in [5.74, 6) is -0.0705. The highest BCUT2D eigenvalue weighted by Crippen LogP contribution is 2.09. The third-order valence-corrected chi connectivity index (χ3v) is 3.01. The summed E-state index contributed by atoms with van der Waals surface area (Å²) >= 11 is 0. The normalized spacial score (nSPS) is 11.6. The van der Waals surface area contributed by atoms with Crippen molar-refractivity contribution in [2.75, 3.05) is 0 Å². The Bertz CT molecular complexity index is 524. The molecule has 1 aromatic rings. The van der Waals surface area contributed by atoms with E-state index < -0.39 is 0 Å². The molecule has 0 aliphatic heterocycles. The molecule has 0 bridgehead atoms. The first-order chi connectivity index (χ1) is 9.08. The van der Waals surface area contributed by atoms with Crippen LogP contribution in [-0.4, -0.2) is 5.91 Å². The summed E-state index contributed by atoms with van der Waals surface area (Å²) < 4.78 is 0. The maximum atomic E-state index is 11.9. The maximum Gasteiger partial charge on any atom is 0.251 e. The van der Waals surface area contributed by atoms with Gasteiger partial charge in [0.2, 0.25) is 0 Å². The average Bonchev–Trinajstić information content (AvgIpc) is 2.41. The van der Waals surface area contributed by atoms with Crippen LogP contribution >= 0.6 is 0 Å². The van der Waals surface area contributed by atoms with E-state index >= 15 is 0 Å². The number of benzene rings is 1. The number of rotatable bonds is 5. The standard InChI is InChI=1S/C17H21NO/c1-5-7-8-16(6-2)17(19)18-12-15-10-9-13(3)14(4)11-15/h5-11H,1,12H2,2-4H3,(H,18,19)/b8-7-,16-6-. The topological polar surface area (TPSA) is 29.1 Å². The molecule has 0 spiro atoms. The third-order valence-electron chi connectivity index (χ3n) is 3.01. The molecule has 0 aromatic heterocycles. The van der Waals surface area contributed by atoms with Crippen molar-refractivity contribution in [3.8, 4) is 0 Å². The van der Waals surface area contributed by atoms with Gasteiger partial charge in [0, 0.05) is 12.1 Å². The summed E-state index contributed by atoms with van der Waals surface area (Å²) in [5.41, 5.74) is 4.26. The van der Waals surface area contributed by atoms with Crippen LogP contribution in [0.3, 0.4) is 0 Å². The second-order valence-electron chi connectivity index (χ2n) is 4.44. The molecule has 2 heteroatoms. The molecule has 100 valence electrons. The van der Waals surface area contributed by atoms with Gasteiger partial charge in [0.05, 0.1) is 0 Å². The van der Waals surface area contributed by atoms with Crippen LogP contribution in [0.2, 0.25) is 0 Å². The van der Waals surface area contributed by atoms with E-state index in [9.17, 15) is 4.79 Å². The molecule has 19 heavy (non-hydrogen) atoms. The second-order valence-corrected chi connectivity index (χ2v) is 4.44. The lowest BCUT2D eigenvalue weighted by Crippen LogP contribution is -2.23. The summed E-state index contributed by atoms with van der Waals surface area (Å²) in [5, 5.41) is 2.91. The smallest absolute Gasteiger partial charge is 0.251 e. The van der Waals surface area contributed by atoms with Gasteiger partial charge in [-0.05, 0) is 43.5 Å². The minimum absolute atomic E-state index is 0.0705. The first-order valence-corrected chi connectivity index (χ1v) is 6.38. The van der Waals surface area contributed by atoms with Crippen LogP contribution in [0.25, 0.3) is 0 Å². The lowest BCUT2D eigenvalue weighted by molar-refractivity contribution is -0.117. The fraction of sp³-hybridized carbons (Fsp3) is 0.235. The van der Waals surface area contributed by atoms with Crippen LogP contribution in [0.4, 0.5) is 0 Å². The predicted octanol–water partition coefficient (Wildman–Crippen LogP) is 3.61. The number of hydrogen-bond donors (Lipinski definition) is 1. The number of aryl methyl sites for hydroxylation is 2. The Morgan fingerprint density at radius 3 is 2.63 bits per heavy atom. The molecule has 0 saturated heterocycles. The molecule has 2 nitrogen and oxygen atoms in total. The van der Waals surface area contributed by atoms with Gasteiger partial charge >= 0.3 is 0 Å². The van der Waals surface area contributed by atoms with Crippen LogP contribution in [0.15, 0.2) is 54.7 Å². The molecule has 1 N–H and O–H groups in total. The van der Waals surface area contributed by atoms with Crippen molar-refractivity contribution in [2.24, 2.45) is 0 Å². The van der Waals surface area contributed by atoms with Gasteiger partial charge in [-0.25, -0.2) is 0 Å². The largest absolute Gasteiger partial charge is 0.348 e. The Balaban J connectivity index is 2.65. The van der Waals surface area contributed by atoms with E-state index in [4.69, 9.17) is 0 Å². The van der Waals surface area contributed by atoms with E-state index in [1.807, 2.05) is 13.0 Å². The van der Waals surface area contributed by atoms with E-state index in [-0.39, 0.29) is 5.91 Å². The molecule has 1 rings (SSSR count). The second kappa shape index (κ2) is 7.37. The first kappa shape index (κ1) is 15.0. The molecular formula is C17H21NO. The van der Waals surface area contributed by atoms with Gasteiger partial charge in [0.15, 0.2) is 0 Å². The monoisotopic (exact) mass is 255 g/mol. The van der Waals surface area contributed by atoms with Crippen LogP contribution in [0, 0.1) is 13.8 Å². The van der Waals surface area contributed by atoms with Crippen molar-refractivity contribution in [1.29, 1.82) is 0 Å². The maximum absolute atomic E-state index is 11.9. The van der Waals surface area contributed by atoms with Crippen molar-refractivity contribution in [3.05, 3.63) is 71.3 Å². The number of carbonyl (C=O) groups excluding carboxylic acids is 1. The van der Waals surface area contributed by atoms with E-state index in [1.54, 1.807) is 24.3 Å². The summed E-state index contributed by atoms with van der Waals surface area (Å²) in [6.07, 6.45) is 6.95. The Kier molecular flexibility index (Phi) is 5.80. The molecule has 1 aromatic carbocycles. The zero-order chi connectivity index (χ0) is 14.3. The Hall–Kier alpha value is -2.09. The summed E-state index contributed by atoms with van der Waals surface area (Å²) in [4.78, 5) is 11.9. The third kappa shape index (κ3) is 4.59. The first-order valence-electron chi connectivity index (χ1n) is 6.38. The summed E-state index contributed by atoms with van der Waals surface area (Å²) in [6, 6.07) is 6.22. The molecular weight excluding hydrogens is 234 g/mol. The highest BCUT2D eigenvalue weighted by atomic mass is 16.1. The highest BCUT2D eigenvalue weighted by Gasteiger charge is 2.05. The van der Waals surface area contributed by atoms with Crippen LogP contribution in [0.1, 0.15) is 23.6 Å². The summed E-state index contributed by atoms with van der Waals surface area (Å²) in [6.45, 7) is 10.1. The van der Waals surface area contributed by atoms with Gasteiger partial charge in [-0.2, -0.15) is 0 Å². The van der Waals surface area contributed by atoms with Gasteiger partial charge in [-0.15, -0.1) is 0 Å². The minimum Gasteiger partial charge on any atom is -0.348 e. The molecule has 0 fully saturated rings. The Morgan fingerprint density at radius 2 is 2.05 bits per heavy atom. The lowest BCUT2D eigenvalue weighted by Gasteiger charge is -2.08. The number of carbonyl (C=O) groups is 1. The molecule has 0 heterocycles. The van der Waals surface area contributed by atoms with Crippen molar-refractivity contribution in [2.45, 2.75) is 27.3 Å². The van der Waals surface area contributed by atoms with E-state index in [2.05, 4.69) is 37.9 Å². The highest BCUT2D eigenvalue weighted by molar-refractivity contribution is 5.96. The fourth-order valence-corrected chi connectivity index (χ4v) is 1.67. The quantitative estimate of drug-likeness (QED) is 0.632. The van der Waals surface area contributed by atoms with Gasteiger partial charge in [-0.1, -0.05) is 43.0 Å². The molecule has 0 atom stereocenters. The van der Waals surface area contributed by atoms with Crippen LogP contribution < -0.4 is 5.32 Å². The van der Waals surface area contributed by atoms with Gasteiger partial charge in [0.25, 0.3) is 5.91 Å². The van der Waals surface area contributed by atoms with Crippen LogP contribution in [0.5, 0.6) is 0 Å². The van der Waals surface area contributed by atoms with Crippen molar-refractivity contribution in [3.63, 3.8) is 0 Å².